The summed E-state index contributed by atoms with van der Waals surface area (Å²) < 4.78 is 5.79. The van der Waals surface area contributed by atoms with Gasteiger partial charge in [0.25, 0.3) is 0 Å². The average molecular weight is 182 g/mol. The van der Waals surface area contributed by atoms with Gasteiger partial charge >= 0.3 is 0 Å². The molecule has 13 heavy (non-hydrogen) atoms. The fourth-order valence-corrected chi connectivity index (χ4v) is 2.92. The minimum atomic E-state index is 0.564. The molecule has 0 aromatic heterocycles. The molecule has 3 aliphatic rings. The summed E-state index contributed by atoms with van der Waals surface area (Å²) in [6, 6.07) is 1.57. The second-order valence-corrected chi connectivity index (χ2v) is 4.46. The number of morpholine rings is 1. The second kappa shape index (κ2) is 3.23. The molecule has 2 aliphatic heterocycles. The predicted molar refractivity (Wildman–Crippen MR) is 50.7 cm³/mol. The van der Waals surface area contributed by atoms with Gasteiger partial charge in [0, 0.05) is 31.7 Å². The van der Waals surface area contributed by atoms with Gasteiger partial charge in [-0.25, -0.2) is 0 Å². The van der Waals surface area contributed by atoms with Crippen molar-refractivity contribution in [2.24, 2.45) is 0 Å². The summed E-state index contributed by atoms with van der Waals surface area (Å²) in [5.41, 5.74) is 0. The third-order valence-electron chi connectivity index (χ3n) is 3.75. The van der Waals surface area contributed by atoms with Gasteiger partial charge in [0.15, 0.2) is 0 Å². The molecule has 2 unspecified atom stereocenters. The number of hydrogen-bond acceptors (Lipinski definition) is 3. The Labute approximate surface area is 79.4 Å². The van der Waals surface area contributed by atoms with Crippen LogP contribution in [0.1, 0.15) is 19.3 Å². The smallest absolute Gasteiger partial charge is 0.0731 e. The predicted octanol–water partition coefficient (Wildman–Crippen LogP) is 0.212. The van der Waals surface area contributed by atoms with E-state index in [1.807, 2.05) is 0 Å². The van der Waals surface area contributed by atoms with E-state index in [0.29, 0.717) is 6.10 Å². The van der Waals surface area contributed by atoms with Crippen molar-refractivity contribution in [3.63, 3.8) is 0 Å². The highest BCUT2D eigenvalue weighted by molar-refractivity contribution is 4.96. The van der Waals surface area contributed by atoms with Crippen LogP contribution in [-0.2, 0) is 4.74 Å². The van der Waals surface area contributed by atoms with Gasteiger partial charge in [-0.2, -0.15) is 0 Å². The van der Waals surface area contributed by atoms with E-state index in [2.05, 4.69) is 10.2 Å². The van der Waals surface area contributed by atoms with E-state index in [4.69, 9.17) is 4.74 Å². The molecule has 74 valence electrons. The summed E-state index contributed by atoms with van der Waals surface area (Å²) in [5, 5.41) is 3.36. The maximum Gasteiger partial charge on any atom is 0.0731 e. The first-order valence-corrected chi connectivity index (χ1v) is 5.53. The summed E-state index contributed by atoms with van der Waals surface area (Å²) in [5.74, 6) is 0. The second-order valence-electron chi connectivity index (χ2n) is 4.46. The quantitative estimate of drug-likeness (QED) is 0.627. The first kappa shape index (κ1) is 8.21. The summed E-state index contributed by atoms with van der Waals surface area (Å²) in [6.07, 6.45) is 4.59. The summed E-state index contributed by atoms with van der Waals surface area (Å²) >= 11 is 0. The van der Waals surface area contributed by atoms with Crippen LogP contribution in [-0.4, -0.2) is 49.3 Å². The third-order valence-corrected chi connectivity index (χ3v) is 3.75. The van der Waals surface area contributed by atoms with Crippen molar-refractivity contribution in [3.8, 4) is 0 Å². The number of ether oxygens (including phenoxy) is 1. The van der Waals surface area contributed by atoms with Gasteiger partial charge in [0.2, 0.25) is 0 Å². The lowest BCUT2D eigenvalue weighted by Crippen LogP contribution is -2.63. The molecular weight excluding hydrogens is 164 g/mol. The van der Waals surface area contributed by atoms with Crippen molar-refractivity contribution >= 4 is 0 Å². The number of nitrogens with one attached hydrogen (secondary N) is 1. The molecular formula is C10H18N2O. The van der Waals surface area contributed by atoms with E-state index in [1.54, 1.807) is 0 Å². The Morgan fingerprint density at radius 3 is 2.92 bits per heavy atom. The Morgan fingerprint density at radius 2 is 2.15 bits per heavy atom. The summed E-state index contributed by atoms with van der Waals surface area (Å²) in [4.78, 5) is 2.69. The molecule has 1 N–H and O–H groups in total. The summed E-state index contributed by atoms with van der Waals surface area (Å²) in [7, 11) is 0. The SMILES string of the molecule is C1CC2OCCN(C3CNC3)C2C1. The largest absolute Gasteiger partial charge is 0.375 e. The van der Waals surface area contributed by atoms with Gasteiger partial charge < -0.3 is 10.1 Å². The van der Waals surface area contributed by atoms with E-state index >= 15 is 0 Å². The fourth-order valence-electron chi connectivity index (χ4n) is 2.92. The van der Waals surface area contributed by atoms with Crippen LogP contribution in [0.3, 0.4) is 0 Å². The van der Waals surface area contributed by atoms with Gasteiger partial charge in [0.1, 0.15) is 0 Å². The number of nitrogens with zero attached hydrogens (tertiary/aromatic N) is 1. The lowest BCUT2D eigenvalue weighted by Gasteiger charge is -2.46. The Balaban J connectivity index is 1.70. The van der Waals surface area contributed by atoms with Crippen LogP contribution in [0.5, 0.6) is 0 Å². The molecule has 0 aromatic rings. The molecule has 1 saturated carbocycles. The lowest BCUT2D eigenvalue weighted by atomic mass is 10.0. The molecule has 0 aromatic carbocycles. The normalized spacial score (nSPS) is 41.5. The highest BCUT2D eigenvalue weighted by Gasteiger charge is 2.40. The van der Waals surface area contributed by atoms with Crippen LogP contribution in [0.15, 0.2) is 0 Å². The molecule has 2 heterocycles. The maximum atomic E-state index is 5.79. The standard InChI is InChI=1S/C10H18N2O/c1-2-9-10(3-1)13-5-4-12(9)8-6-11-7-8/h8-11H,1-7H2. The first-order chi connectivity index (χ1) is 6.45. The van der Waals surface area contributed by atoms with Crippen LogP contribution in [0, 0.1) is 0 Å². The van der Waals surface area contributed by atoms with Crippen LogP contribution in [0.4, 0.5) is 0 Å². The van der Waals surface area contributed by atoms with Crippen molar-refractivity contribution in [1.82, 2.24) is 10.2 Å². The Kier molecular flexibility index (Phi) is 2.04. The maximum absolute atomic E-state index is 5.79. The van der Waals surface area contributed by atoms with Gasteiger partial charge in [0.05, 0.1) is 12.7 Å². The number of fused-ring (bicyclic) bond motifs is 1. The molecule has 3 heteroatoms. The van der Waals surface area contributed by atoms with E-state index in [1.165, 1.54) is 32.4 Å². The molecule has 3 nitrogen and oxygen atoms in total. The molecule has 3 rings (SSSR count). The molecule has 0 bridgehead atoms. The zero-order chi connectivity index (χ0) is 8.67. The molecule has 2 saturated heterocycles. The fraction of sp³-hybridized carbons (Fsp3) is 1.00. The van der Waals surface area contributed by atoms with E-state index < -0.39 is 0 Å². The number of hydrogen-bond donors (Lipinski definition) is 1. The van der Waals surface area contributed by atoms with Crippen molar-refractivity contribution in [3.05, 3.63) is 0 Å². The molecule has 1 aliphatic carbocycles. The van der Waals surface area contributed by atoms with Crippen molar-refractivity contribution < 1.29 is 4.74 Å². The highest BCUT2D eigenvalue weighted by Crippen LogP contribution is 2.31. The van der Waals surface area contributed by atoms with Gasteiger partial charge in [-0.05, 0) is 19.3 Å². The van der Waals surface area contributed by atoms with Crippen molar-refractivity contribution in [1.29, 1.82) is 0 Å². The molecule has 3 fully saturated rings. The molecule has 2 atom stereocenters. The Morgan fingerprint density at radius 1 is 1.23 bits per heavy atom. The third kappa shape index (κ3) is 1.30. The minimum Gasteiger partial charge on any atom is -0.375 e. The van der Waals surface area contributed by atoms with Gasteiger partial charge in [-0.15, -0.1) is 0 Å². The molecule has 0 radical (unpaired) electrons. The van der Waals surface area contributed by atoms with E-state index in [9.17, 15) is 0 Å². The Hall–Kier alpha value is -0.120. The number of rotatable bonds is 1. The molecule has 0 amide bonds. The minimum absolute atomic E-state index is 0.564. The zero-order valence-electron chi connectivity index (χ0n) is 8.04. The van der Waals surface area contributed by atoms with Crippen molar-refractivity contribution in [2.75, 3.05) is 26.2 Å². The van der Waals surface area contributed by atoms with Crippen LogP contribution in [0.2, 0.25) is 0 Å². The Bertz CT molecular complexity index is 193. The topological polar surface area (TPSA) is 24.5 Å². The van der Waals surface area contributed by atoms with E-state index in [0.717, 1.165) is 25.2 Å². The monoisotopic (exact) mass is 182 g/mol. The van der Waals surface area contributed by atoms with Crippen LogP contribution < -0.4 is 5.32 Å². The van der Waals surface area contributed by atoms with Gasteiger partial charge in [-0.3, -0.25) is 4.90 Å². The van der Waals surface area contributed by atoms with Crippen LogP contribution in [0.25, 0.3) is 0 Å². The van der Waals surface area contributed by atoms with E-state index in [-0.39, 0.29) is 0 Å². The zero-order valence-corrected chi connectivity index (χ0v) is 8.04. The lowest BCUT2D eigenvalue weighted by molar-refractivity contribution is -0.0787. The summed E-state index contributed by atoms with van der Waals surface area (Å²) in [6.45, 7) is 4.51. The highest BCUT2D eigenvalue weighted by atomic mass is 16.5. The van der Waals surface area contributed by atoms with Gasteiger partial charge in [-0.1, -0.05) is 0 Å². The van der Waals surface area contributed by atoms with Crippen LogP contribution >= 0.6 is 0 Å². The molecule has 0 spiro atoms. The average Bonchev–Trinajstić information content (AvgIpc) is 2.49. The van der Waals surface area contributed by atoms with Crippen molar-refractivity contribution in [2.45, 2.75) is 37.5 Å². The first-order valence-electron chi connectivity index (χ1n) is 5.53.